The van der Waals surface area contributed by atoms with Crippen LogP contribution in [0.4, 0.5) is 13.2 Å². The van der Waals surface area contributed by atoms with Crippen molar-refractivity contribution in [3.63, 3.8) is 0 Å². The van der Waals surface area contributed by atoms with Crippen LogP contribution in [0.2, 0.25) is 0 Å². The van der Waals surface area contributed by atoms with Crippen molar-refractivity contribution in [1.29, 1.82) is 0 Å². The number of nitrogens with one attached hydrogen (secondary N) is 2. The third kappa shape index (κ3) is 6.09. The van der Waals surface area contributed by atoms with Gasteiger partial charge in [0, 0.05) is 12.7 Å². The number of pyridine rings is 1. The summed E-state index contributed by atoms with van der Waals surface area (Å²) in [7, 11) is 0. The standard InChI is InChI=1S/C24H22F3N3O3/c1-14(2)22(30-23(31)21-17(25)6-3-7-18(21)26)24(32)29-12-15-8-9-20(19(27)11-15)33-16-5-4-10-28-13-16/h3-11,13-14,22H,12H2,1-2H3,(H,29,32)(H,30,31)/t22-/m0/s1. The number of aromatic nitrogens is 1. The van der Waals surface area contributed by atoms with Crippen LogP contribution in [0, 0.1) is 23.4 Å². The fraction of sp³-hybridized carbons (Fsp3) is 0.208. The first-order valence-electron chi connectivity index (χ1n) is 10.1. The lowest BCUT2D eigenvalue weighted by Gasteiger charge is -2.22. The van der Waals surface area contributed by atoms with E-state index in [0.717, 1.165) is 18.2 Å². The molecular formula is C24H22F3N3O3. The zero-order valence-electron chi connectivity index (χ0n) is 17.9. The van der Waals surface area contributed by atoms with Gasteiger partial charge in [-0.3, -0.25) is 14.6 Å². The highest BCUT2D eigenvalue weighted by Crippen LogP contribution is 2.24. The predicted molar refractivity (Wildman–Crippen MR) is 115 cm³/mol. The maximum absolute atomic E-state index is 14.4. The average Bonchev–Trinajstić information content (AvgIpc) is 2.78. The minimum absolute atomic E-state index is 0.00249. The first-order valence-corrected chi connectivity index (χ1v) is 10.1. The molecule has 3 aromatic rings. The summed E-state index contributed by atoms with van der Waals surface area (Å²) in [5, 5.41) is 4.97. The molecule has 0 bridgehead atoms. The predicted octanol–water partition coefficient (Wildman–Crippen LogP) is 4.36. The molecule has 6 nitrogen and oxygen atoms in total. The van der Waals surface area contributed by atoms with E-state index in [9.17, 15) is 22.8 Å². The van der Waals surface area contributed by atoms with Gasteiger partial charge in [0.25, 0.3) is 5.91 Å². The highest BCUT2D eigenvalue weighted by atomic mass is 19.1. The lowest BCUT2D eigenvalue weighted by molar-refractivity contribution is -0.124. The van der Waals surface area contributed by atoms with Crippen LogP contribution >= 0.6 is 0 Å². The fourth-order valence-electron chi connectivity index (χ4n) is 3.03. The SMILES string of the molecule is CC(C)[C@H](NC(=O)c1c(F)cccc1F)C(=O)NCc1ccc(Oc2cccnc2)c(F)c1. The Morgan fingerprint density at radius 1 is 1.00 bits per heavy atom. The molecule has 1 aromatic heterocycles. The second-order valence-electron chi connectivity index (χ2n) is 7.57. The minimum Gasteiger partial charge on any atom is -0.453 e. The molecule has 0 aliphatic carbocycles. The van der Waals surface area contributed by atoms with Crippen molar-refractivity contribution in [2.45, 2.75) is 26.4 Å². The third-order valence-corrected chi connectivity index (χ3v) is 4.75. The van der Waals surface area contributed by atoms with Crippen LogP contribution in [0.15, 0.2) is 60.9 Å². The smallest absolute Gasteiger partial charge is 0.257 e. The monoisotopic (exact) mass is 457 g/mol. The van der Waals surface area contributed by atoms with Crippen LogP contribution in [0.3, 0.4) is 0 Å². The third-order valence-electron chi connectivity index (χ3n) is 4.75. The van der Waals surface area contributed by atoms with E-state index in [1.807, 2.05) is 0 Å². The molecule has 172 valence electrons. The Kier molecular flexibility index (Phi) is 7.66. The van der Waals surface area contributed by atoms with Gasteiger partial charge in [-0.25, -0.2) is 13.2 Å². The van der Waals surface area contributed by atoms with E-state index in [0.29, 0.717) is 11.3 Å². The quantitative estimate of drug-likeness (QED) is 0.527. The van der Waals surface area contributed by atoms with Gasteiger partial charge in [0.1, 0.15) is 29.0 Å². The molecular weight excluding hydrogens is 435 g/mol. The number of carbonyl (C=O) groups is 2. The van der Waals surface area contributed by atoms with E-state index in [-0.39, 0.29) is 18.2 Å². The molecule has 2 N–H and O–H groups in total. The molecule has 0 spiro atoms. The van der Waals surface area contributed by atoms with E-state index in [1.54, 1.807) is 38.2 Å². The Bertz CT molecular complexity index is 1120. The molecule has 2 amide bonds. The first-order chi connectivity index (χ1) is 15.8. The molecule has 9 heteroatoms. The normalized spacial score (nSPS) is 11.7. The van der Waals surface area contributed by atoms with Gasteiger partial charge >= 0.3 is 0 Å². The fourth-order valence-corrected chi connectivity index (χ4v) is 3.03. The second kappa shape index (κ2) is 10.6. The van der Waals surface area contributed by atoms with Crippen molar-refractivity contribution in [3.8, 4) is 11.5 Å². The molecule has 1 heterocycles. The van der Waals surface area contributed by atoms with Crippen molar-refractivity contribution in [3.05, 3.63) is 89.5 Å². The summed E-state index contributed by atoms with van der Waals surface area (Å²) in [4.78, 5) is 28.9. The summed E-state index contributed by atoms with van der Waals surface area (Å²) < 4.78 is 47.6. The van der Waals surface area contributed by atoms with Crippen LogP contribution in [0.25, 0.3) is 0 Å². The van der Waals surface area contributed by atoms with Gasteiger partial charge in [-0.05, 0) is 47.9 Å². The summed E-state index contributed by atoms with van der Waals surface area (Å²) in [5.41, 5.74) is -0.310. The molecule has 2 aromatic carbocycles. The molecule has 0 saturated carbocycles. The van der Waals surface area contributed by atoms with Gasteiger partial charge in [0.15, 0.2) is 11.6 Å². The summed E-state index contributed by atoms with van der Waals surface area (Å²) in [6, 6.07) is 9.49. The Balaban J connectivity index is 1.64. The number of halogens is 3. The Hall–Kier alpha value is -3.88. The highest BCUT2D eigenvalue weighted by molar-refractivity contribution is 5.98. The average molecular weight is 457 g/mol. The molecule has 3 rings (SSSR count). The van der Waals surface area contributed by atoms with Crippen molar-refractivity contribution in [2.75, 3.05) is 0 Å². The first kappa shape index (κ1) is 23.8. The summed E-state index contributed by atoms with van der Waals surface area (Å²) in [6.45, 7) is 3.31. The van der Waals surface area contributed by atoms with Crippen molar-refractivity contribution in [2.24, 2.45) is 5.92 Å². The largest absolute Gasteiger partial charge is 0.453 e. The number of carbonyl (C=O) groups excluding carboxylic acids is 2. The van der Waals surface area contributed by atoms with Crippen LogP contribution in [-0.2, 0) is 11.3 Å². The number of amides is 2. The van der Waals surface area contributed by atoms with Gasteiger partial charge in [-0.1, -0.05) is 26.0 Å². The lowest BCUT2D eigenvalue weighted by Crippen LogP contribution is -2.49. The van der Waals surface area contributed by atoms with Crippen molar-refractivity contribution < 1.29 is 27.5 Å². The van der Waals surface area contributed by atoms with E-state index < -0.39 is 40.9 Å². The Morgan fingerprint density at radius 2 is 1.73 bits per heavy atom. The number of ether oxygens (including phenoxy) is 1. The van der Waals surface area contributed by atoms with Crippen LogP contribution in [-0.4, -0.2) is 22.8 Å². The molecule has 0 radical (unpaired) electrons. The van der Waals surface area contributed by atoms with Gasteiger partial charge in [0.2, 0.25) is 5.91 Å². The maximum atomic E-state index is 14.4. The van der Waals surface area contributed by atoms with E-state index in [2.05, 4.69) is 15.6 Å². The van der Waals surface area contributed by atoms with E-state index in [4.69, 9.17) is 4.74 Å². The molecule has 0 fully saturated rings. The molecule has 0 aliphatic heterocycles. The topological polar surface area (TPSA) is 80.3 Å². The highest BCUT2D eigenvalue weighted by Gasteiger charge is 2.27. The zero-order valence-corrected chi connectivity index (χ0v) is 17.9. The number of rotatable bonds is 8. The van der Waals surface area contributed by atoms with Gasteiger partial charge in [-0.2, -0.15) is 0 Å². The Labute approximate surface area is 188 Å². The second-order valence-corrected chi connectivity index (χ2v) is 7.57. The molecule has 0 aliphatic rings. The zero-order chi connectivity index (χ0) is 24.0. The summed E-state index contributed by atoms with van der Waals surface area (Å²) >= 11 is 0. The van der Waals surface area contributed by atoms with Crippen LogP contribution in [0.5, 0.6) is 11.5 Å². The van der Waals surface area contributed by atoms with Crippen molar-refractivity contribution in [1.82, 2.24) is 15.6 Å². The Morgan fingerprint density at radius 3 is 2.33 bits per heavy atom. The van der Waals surface area contributed by atoms with Gasteiger partial charge < -0.3 is 15.4 Å². The molecule has 1 atom stereocenters. The summed E-state index contributed by atoms with van der Waals surface area (Å²) in [6.07, 6.45) is 3.01. The number of hydrogen-bond donors (Lipinski definition) is 2. The number of nitrogens with zero attached hydrogens (tertiary/aromatic N) is 1. The van der Waals surface area contributed by atoms with E-state index >= 15 is 0 Å². The van der Waals surface area contributed by atoms with Gasteiger partial charge in [-0.15, -0.1) is 0 Å². The maximum Gasteiger partial charge on any atom is 0.257 e. The number of benzene rings is 2. The molecule has 33 heavy (non-hydrogen) atoms. The molecule has 0 saturated heterocycles. The summed E-state index contributed by atoms with van der Waals surface area (Å²) in [5.74, 6) is -4.31. The van der Waals surface area contributed by atoms with Crippen molar-refractivity contribution >= 4 is 11.8 Å². The number of hydrogen-bond acceptors (Lipinski definition) is 4. The minimum atomic E-state index is -1.06. The lowest BCUT2D eigenvalue weighted by atomic mass is 10.0. The van der Waals surface area contributed by atoms with Gasteiger partial charge in [0.05, 0.1) is 6.20 Å². The van der Waals surface area contributed by atoms with Crippen LogP contribution < -0.4 is 15.4 Å². The van der Waals surface area contributed by atoms with Crippen LogP contribution in [0.1, 0.15) is 29.8 Å². The van der Waals surface area contributed by atoms with E-state index in [1.165, 1.54) is 18.3 Å². The molecule has 0 unspecified atom stereocenters.